The minimum atomic E-state index is -0.585. The molecule has 2 aliphatic heterocycles. The lowest BCUT2D eigenvalue weighted by atomic mass is 10.1. The number of amides is 2. The minimum absolute atomic E-state index is 0.0162. The number of piperazine rings is 1. The SMILES string of the molecule is NC1C(=O)Nc2cc(N3CCNC(=O)C3)ccc21. The molecular weight excluding hydrogens is 232 g/mol. The van der Waals surface area contributed by atoms with E-state index in [0.717, 1.165) is 23.5 Å². The van der Waals surface area contributed by atoms with Crippen LogP contribution in [-0.2, 0) is 9.59 Å². The molecule has 6 heteroatoms. The molecule has 0 aromatic heterocycles. The van der Waals surface area contributed by atoms with Crippen LogP contribution in [0.15, 0.2) is 18.2 Å². The second-order valence-corrected chi connectivity index (χ2v) is 4.51. The first-order valence-corrected chi connectivity index (χ1v) is 5.87. The summed E-state index contributed by atoms with van der Waals surface area (Å²) in [5.74, 6) is -0.166. The molecule has 0 saturated carbocycles. The molecule has 0 aliphatic carbocycles. The average Bonchev–Trinajstić information content (AvgIpc) is 2.65. The second kappa shape index (κ2) is 3.99. The molecule has 0 radical (unpaired) electrons. The number of rotatable bonds is 1. The van der Waals surface area contributed by atoms with Crippen molar-refractivity contribution in [3.63, 3.8) is 0 Å². The molecule has 1 unspecified atom stereocenters. The fourth-order valence-electron chi connectivity index (χ4n) is 2.33. The van der Waals surface area contributed by atoms with Gasteiger partial charge in [0.2, 0.25) is 11.8 Å². The van der Waals surface area contributed by atoms with E-state index in [0.29, 0.717) is 13.1 Å². The third kappa shape index (κ3) is 1.70. The lowest BCUT2D eigenvalue weighted by Gasteiger charge is -2.28. The van der Waals surface area contributed by atoms with Gasteiger partial charge < -0.3 is 21.3 Å². The van der Waals surface area contributed by atoms with E-state index >= 15 is 0 Å². The topological polar surface area (TPSA) is 87.5 Å². The summed E-state index contributed by atoms with van der Waals surface area (Å²) in [6.45, 7) is 1.76. The number of benzene rings is 1. The van der Waals surface area contributed by atoms with Crippen molar-refractivity contribution in [3.05, 3.63) is 23.8 Å². The minimum Gasteiger partial charge on any atom is -0.360 e. The zero-order valence-corrected chi connectivity index (χ0v) is 9.77. The summed E-state index contributed by atoms with van der Waals surface area (Å²) in [5, 5.41) is 5.52. The lowest BCUT2D eigenvalue weighted by molar-refractivity contribution is -0.120. The molecule has 1 atom stereocenters. The van der Waals surface area contributed by atoms with Gasteiger partial charge in [-0.2, -0.15) is 0 Å². The van der Waals surface area contributed by atoms with E-state index in [1.165, 1.54) is 0 Å². The maximum absolute atomic E-state index is 11.5. The highest BCUT2D eigenvalue weighted by molar-refractivity contribution is 6.03. The fourth-order valence-corrected chi connectivity index (χ4v) is 2.33. The monoisotopic (exact) mass is 246 g/mol. The van der Waals surface area contributed by atoms with Crippen LogP contribution >= 0.6 is 0 Å². The number of nitrogens with zero attached hydrogens (tertiary/aromatic N) is 1. The Labute approximate surface area is 104 Å². The van der Waals surface area contributed by atoms with Crippen molar-refractivity contribution in [2.24, 2.45) is 5.73 Å². The van der Waals surface area contributed by atoms with Crippen molar-refractivity contribution in [2.45, 2.75) is 6.04 Å². The molecule has 2 heterocycles. The van der Waals surface area contributed by atoms with Gasteiger partial charge in [0.1, 0.15) is 6.04 Å². The normalized spacial score (nSPS) is 22.5. The molecule has 0 bridgehead atoms. The van der Waals surface area contributed by atoms with E-state index in [1.807, 2.05) is 23.1 Å². The molecule has 6 nitrogen and oxygen atoms in total. The number of anilines is 2. The zero-order chi connectivity index (χ0) is 12.7. The molecule has 0 spiro atoms. The Morgan fingerprint density at radius 3 is 2.94 bits per heavy atom. The summed E-state index contributed by atoms with van der Waals surface area (Å²) in [5.41, 5.74) is 8.24. The Bertz CT molecular complexity index is 529. The number of fused-ring (bicyclic) bond motifs is 1. The van der Waals surface area contributed by atoms with Crippen molar-refractivity contribution in [1.82, 2.24) is 5.32 Å². The van der Waals surface area contributed by atoms with Crippen LogP contribution in [0.2, 0.25) is 0 Å². The number of hydrogen-bond acceptors (Lipinski definition) is 4. The molecule has 1 saturated heterocycles. The maximum Gasteiger partial charge on any atom is 0.245 e. The first-order chi connectivity index (χ1) is 8.65. The molecular formula is C12H14N4O2. The van der Waals surface area contributed by atoms with Gasteiger partial charge in [0.05, 0.1) is 6.54 Å². The van der Waals surface area contributed by atoms with Gasteiger partial charge in [0.25, 0.3) is 0 Å². The van der Waals surface area contributed by atoms with Crippen LogP contribution in [0.1, 0.15) is 11.6 Å². The van der Waals surface area contributed by atoms with Crippen molar-refractivity contribution in [3.8, 4) is 0 Å². The molecule has 4 N–H and O–H groups in total. The predicted molar refractivity (Wildman–Crippen MR) is 67.2 cm³/mol. The molecule has 18 heavy (non-hydrogen) atoms. The van der Waals surface area contributed by atoms with Crippen molar-refractivity contribution >= 4 is 23.2 Å². The largest absolute Gasteiger partial charge is 0.360 e. The van der Waals surface area contributed by atoms with Gasteiger partial charge in [-0.25, -0.2) is 0 Å². The summed E-state index contributed by atoms with van der Waals surface area (Å²) in [6, 6.07) is 5.04. The predicted octanol–water partition coefficient (Wildman–Crippen LogP) is -0.425. The van der Waals surface area contributed by atoms with Crippen LogP contribution in [0.5, 0.6) is 0 Å². The number of hydrogen-bond donors (Lipinski definition) is 3. The Morgan fingerprint density at radius 1 is 1.33 bits per heavy atom. The Morgan fingerprint density at radius 2 is 2.17 bits per heavy atom. The first-order valence-electron chi connectivity index (χ1n) is 5.87. The highest BCUT2D eigenvalue weighted by atomic mass is 16.2. The van der Waals surface area contributed by atoms with Crippen LogP contribution in [-0.4, -0.2) is 31.4 Å². The third-order valence-electron chi connectivity index (χ3n) is 3.32. The summed E-state index contributed by atoms with van der Waals surface area (Å²) in [4.78, 5) is 24.8. The highest BCUT2D eigenvalue weighted by Crippen LogP contribution is 2.32. The fraction of sp³-hybridized carbons (Fsp3) is 0.333. The lowest BCUT2D eigenvalue weighted by Crippen LogP contribution is -2.47. The standard InChI is InChI=1S/C12H14N4O2/c13-11-8-2-1-7(5-9(8)15-12(11)18)16-4-3-14-10(17)6-16/h1-2,5,11H,3-4,6,13H2,(H,14,17)(H,15,18). The van der Waals surface area contributed by atoms with Crippen LogP contribution in [0.4, 0.5) is 11.4 Å². The van der Waals surface area contributed by atoms with E-state index < -0.39 is 6.04 Å². The van der Waals surface area contributed by atoms with Gasteiger partial charge in [-0.1, -0.05) is 6.07 Å². The van der Waals surface area contributed by atoms with Crippen LogP contribution in [0, 0.1) is 0 Å². The van der Waals surface area contributed by atoms with Gasteiger partial charge in [-0.05, 0) is 12.1 Å². The Kier molecular flexibility index (Phi) is 2.45. The van der Waals surface area contributed by atoms with Crippen LogP contribution in [0.25, 0.3) is 0 Å². The first kappa shape index (κ1) is 11.0. The van der Waals surface area contributed by atoms with Crippen molar-refractivity contribution in [2.75, 3.05) is 29.9 Å². The average molecular weight is 246 g/mol. The third-order valence-corrected chi connectivity index (χ3v) is 3.32. The van der Waals surface area contributed by atoms with E-state index in [4.69, 9.17) is 5.73 Å². The number of carbonyl (C=O) groups is 2. The smallest absolute Gasteiger partial charge is 0.245 e. The highest BCUT2D eigenvalue weighted by Gasteiger charge is 2.28. The summed E-state index contributed by atoms with van der Waals surface area (Å²) >= 11 is 0. The Hall–Kier alpha value is -2.08. The summed E-state index contributed by atoms with van der Waals surface area (Å²) in [6.07, 6.45) is 0. The maximum atomic E-state index is 11.5. The summed E-state index contributed by atoms with van der Waals surface area (Å²) < 4.78 is 0. The van der Waals surface area contributed by atoms with Crippen molar-refractivity contribution in [1.29, 1.82) is 0 Å². The van der Waals surface area contributed by atoms with Crippen LogP contribution < -0.4 is 21.3 Å². The van der Waals surface area contributed by atoms with Crippen LogP contribution in [0.3, 0.4) is 0 Å². The quantitative estimate of drug-likeness (QED) is 0.627. The van der Waals surface area contributed by atoms with E-state index in [9.17, 15) is 9.59 Å². The van der Waals surface area contributed by atoms with Gasteiger partial charge in [0, 0.05) is 30.0 Å². The zero-order valence-electron chi connectivity index (χ0n) is 9.77. The molecule has 2 aliphatic rings. The van der Waals surface area contributed by atoms with E-state index in [2.05, 4.69) is 10.6 Å². The second-order valence-electron chi connectivity index (χ2n) is 4.51. The molecule has 3 rings (SSSR count). The Balaban J connectivity index is 1.89. The number of carbonyl (C=O) groups excluding carboxylic acids is 2. The van der Waals surface area contributed by atoms with Gasteiger partial charge in [-0.3, -0.25) is 9.59 Å². The van der Waals surface area contributed by atoms with Gasteiger partial charge in [-0.15, -0.1) is 0 Å². The van der Waals surface area contributed by atoms with E-state index in [-0.39, 0.29) is 11.8 Å². The number of nitrogens with two attached hydrogens (primary N) is 1. The molecule has 2 amide bonds. The van der Waals surface area contributed by atoms with E-state index in [1.54, 1.807) is 0 Å². The van der Waals surface area contributed by atoms with Gasteiger partial charge >= 0.3 is 0 Å². The number of nitrogens with one attached hydrogen (secondary N) is 2. The molecule has 94 valence electrons. The molecule has 1 aromatic carbocycles. The van der Waals surface area contributed by atoms with Gasteiger partial charge in [0.15, 0.2) is 0 Å². The van der Waals surface area contributed by atoms with Crippen molar-refractivity contribution < 1.29 is 9.59 Å². The summed E-state index contributed by atoms with van der Waals surface area (Å²) in [7, 11) is 0. The molecule has 1 aromatic rings. The molecule has 1 fully saturated rings.